The van der Waals surface area contributed by atoms with Crippen LogP contribution in [-0.4, -0.2) is 31.6 Å². The number of H-pyrrole nitrogens is 1. The SMILES string of the molecule is CCc1c(C)nc(-n2nc(C)cc2NC(=O)C(=O)NC(C)c2ccccc2)[nH]c1=O. The minimum atomic E-state index is -0.844. The Morgan fingerprint density at radius 3 is 2.50 bits per heavy atom. The highest BCUT2D eigenvalue weighted by atomic mass is 16.2. The van der Waals surface area contributed by atoms with Gasteiger partial charge in [-0.05, 0) is 32.8 Å². The first-order valence-corrected chi connectivity index (χ1v) is 9.63. The lowest BCUT2D eigenvalue weighted by Crippen LogP contribution is -2.37. The molecule has 0 spiro atoms. The van der Waals surface area contributed by atoms with E-state index in [0.29, 0.717) is 23.4 Å². The van der Waals surface area contributed by atoms with Gasteiger partial charge >= 0.3 is 11.8 Å². The van der Waals surface area contributed by atoms with Crippen molar-refractivity contribution >= 4 is 17.6 Å². The predicted octanol–water partition coefficient (Wildman–Crippen LogP) is 1.95. The Morgan fingerprint density at radius 2 is 1.87 bits per heavy atom. The van der Waals surface area contributed by atoms with Crippen LogP contribution in [0.4, 0.5) is 5.82 Å². The number of aromatic amines is 1. The number of carbonyl (C=O) groups excluding carboxylic acids is 2. The summed E-state index contributed by atoms with van der Waals surface area (Å²) in [5, 5.41) is 9.48. The number of nitrogens with zero attached hydrogens (tertiary/aromatic N) is 3. The normalized spacial score (nSPS) is 11.7. The molecule has 0 radical (unpaired) electrons. The first-order chi connectivity index (χ1) is 14.3. The van der Waals surface area contributed by atoms with Crippen LogP contribution in [0.3, 0.4) is 0 Å². The van der Waals surface area contributed by atoms with Gasteiger partial charge in [0.15, 0.2) is 0 Å². The predicted molar refractivity (Wildman–Crippen MR) is 112 cm³/mol. The smallest absolute Gasteiger partial charge is 0.314 e. The highest BCUT2D eigenvalue weighted by Crippen LogP contribution is 2.15. The molecule has 2 amide bonds. The molecule has 0 aliphatic carbocycles. The summed E-state index contributed by atoms with van der Waals surface area (Å²) in [6.45, 7) is 7.14. The van der Waals surface area contributed by atoms with Gasteiger partial charge in [0.05, 0.1) is 11.7 Å². The van der Waals surface area contributed by atoms with Crippen LogP contribution >= 0.6 is 0 Å². The summed E-state index contributed by atoms with van der Waals surface area (Å²) in [6, 6.07) is 10.6. The van der Waals surface area contributed by atoms with E-state index < -0.39 is 11.8 Å². The standard InChI is InChI=1S/C21H24N6O3/c1-5-16-14(4)23-21(25-18(16)28)27-17(11-12(2)26-27)24-20(30)19(29)22-13(3)15-9-7-6-8-10-15/h6-11,13H,5H2,1-4H3,(H,22,29)(H,24,30)(H,23,25,28). The van der Waals surface area contributed by atoms with E-state index in [1.165, 1.54) is 4.68 Å². The van der Waals surface area contributed by atoms with Crippen molar-refractivity contribution in [3.05, 3.63) is 69.3 Å². The molecule has 3 N–H and O–H groups in total. The van der Waals surface area contributed by atoms with Crippen LogP contribution in [-0.2, 0) is 16.0 Å². The van der Waals surface area contributed by atoms with E-state index in [1.54, 1.807) is 26.8 Å². The largest absolute Gasteiger partial charge is 0.341 e. The molecular weight excluding hydrogens is 384 g/mol. The van der Waals surface area contributed by atoms with Crippen molar-refractivity contribution < 1.29 is 9.59 Å². The van der Waals surface area contributed by atoms with Gasteiger partial charge in [-0.3, -0.25) is 19.4 Å². The molecule has 9 nitrogen and oxygen atoms in total. The fourth-order valence-electron chi connectivity index (χ4n) is 3.12. The van der Waals surface area contributed by atoms with Gasteiger partial charge in [-0.1, -0.05) is 37.3 Å². The third-order valence-corrected chi connectivity index (χ3v) is 4.69. The number of carbonyl (C=O) groups is 2. The Balaban J connectivity index is 1.80. The van der Waals surface area contributed by atoms with Crippen LogP contribution in [0.1, 0.15) is 42.4 Å². The van der Waals surface area contributed by atoms with Gasteiger partial charge < -0.3 is 10.6 Å². The first-order valence-electron chi connectivity index (χ1n) is 9.63. The lowest BCUT2D eigenvalue weighted by atomic mass is 10.1. The average Bonchev–Trinajstić information content (AvgIpc) is 3.08. The van der Waals surface area contributed by atoms with E-state index in [9.17, 15) is 14.4 Å². The number of aromatic nitrogens is 4. The molecule has 0 aliphatic heterocycles. The highest BCUT2D eigenvalue weighted by molar-refractivity contribution is 6.39. The molecule has 2 aromatic heterocycles. The zero-order valence-corrected chi connectivity index (χ0v) is 17.3. The van der Waals surface area contributed by atoms with Crippen molar-refractivity contribution in [3.63, 3.8) is 0 Å². The molecule has 30 heavy (non-hydrogen) atoms. The van der Waals surface area contributed by atoms with Gasteiger partial charge in [0.25, 0.3) is 5.56 Å². The molecule has 3 aromatic rings. The van der Waals surface area contributed by atoms with Gasteiger partial charge in [0, 0.05) is 17.3 Å². The van der Waals surface area contributed by atoms with Crippen molar-refractivity contribution in [2.24, 2.45) is 0 Å². The van der Waals surface area contributed by atoms with Crippen molar-refractivity contribution in [1.29, 1.82) is 0 Å². The Labute approximate surface area is 173 Å². The Bertz CT molecular complexity index is 1130. The molecule has 2 heterocycles. The lowest BCUT2D eigenvalue weighted by Gasteiger charge is -2.14. The zero-order chi connectivity index (χ0) is 21.8. The summed E-state index contributed by atoms with van der Waals surface area (Å²) in [4.78, 5) is 44.1. The van der Waals surface area contributed by atoms with Crippen LogP contribution in [0.5, 0.6) is 0 Å². The summed E-state index contributed by atoms with van der Waals surface area (Å²) in [7, 11) is 0. The summed E-state index contributed by atoms with van der Waals surface area (Å²) < 4.78 is 1.30. The number of amides is 2. The van der Waals surface area contributed by atoms with Crippen LogP contribution in [0.2, 0.25) is 0 Å². The number of anilines is 1. The quantitative estimate of drug-likeness (QED) is 0.557. The maximum Gasteiger partial charge on any atom is 0.314 e. The van der Waals surface area contributed by atoms with E-state index in [-0.39, 0.29) is 23.4 Å². The van der Waals surface area contributed by atoms with Crippen molar-refractivity contribution in [3.8, 4) is 5.95 Å². The van der Waals surface area contributed by atoms with E-state index >= 15 is 0 Å². The average molecular weight is 408 g/mol. The van der Waals surface area contributed by atoms with Crippen LogP contribution < -0.4 is 16.2 Å². The minimum absolute atomic E-state index is 0.163. The monoisotopic (exact) mass is 408 g/mol. The van der Waals surface area contributed by atoms with Gasteiger partial charge in [-0.15, -0.1) is 0 Å². The molecule has 1 atom stereocenters. The molecule has 0 saturated heterocycles. The highest BCUT2D eigenvalue weighted by Gasteiger charge is 2.20. The maximum atomic E-state index is 12.4. The number of nitrogens with one attached hydrogen (secondary N) is 3. The second-order valence-corrected chi connectivity index (χ2v) is 6.95. The summed E-state index contributed by atoms with van der Waals surface area (Å²) in [5.74, 6) is -1.23. The topological polar surface area (TPSA) is 122 Å². The summed E-state index contributed by atoms with van der Waals surface area (Å²) in [5.41, 5.74) is 2.37. The van der Waals surface area contributed by atoms with E-state index in [1.807, 2.05) is 37.3 Å². The number of hydrogen-bond donors (Lipinski definition) is 3. The molecule has 9 heteroatoms. The fraction of sp³-hybridized carbons (Fsp3) is 0.286. The molecule has 3 rings (SSSR count). The molecule has 0 aliphatic rings. The minimum Gasteiger partial charge on any atom is -0.341 e. The molecular formula is C21H24N6O3. The van der Waals surface area contributed by atoms with E-state index in [4.69, 9.17) is 0 Å². The van der Waals surface area contributed by atoms with Gasteiger partial charge in [0.1, 0.15) is 5.82 Å². The third-order valence-electron chi connectivity index (χ3n) is 4.69. The Hall–Kier alpha value is -3.75. The first kappa shape index (κ1) is 21.0. The van der Waals surface area contributed by atoms with Crippen LogP contribution in [0, 0.1) is 13.8 Å². The van der Waals surface area contributed by atoms with Crippen LogP contribution in [0.15, 0.2) is 41.2 Å². The van der Waals surface area contributed by atoms with Crippen molar-refractivity contribution in [1.82, 2.24) is 25.1 Å². The van der Waals surface area contributed by atoms with Gasteiger partial charge in [0.2, 0.25) is 5.95 Å². The van der Waals surface area contributed by atoms with E-state index in [2.05, 4.69) is 25.7 Å². The van der Waals surface area contributed by atoms with Crippen molar-refractivity contribution in [2.45, 2.75) is 40.2 Å². The number of rotatable bonds is 5. The van der Waals surface area contributed by atoms with E-state index in [0.717, 1.165) is 5.56 Å². The molecule has 0 bridgehead atoms. The number of hydrogen-bond acceptors (Lipinski definition) is 5. The Morgan fingerprint density at radius 1 is 1.17 bits per heavy atom. The summed E-state index contributed by atoms with van der Waals surface area (Å²) in [6.07, 6.45) is 0.552. The van der Waals surface area contributed by atoms with Gasteiger partial charge in [-0.2, -0.15) is 9.78 Å². The molecule has 0 saturated carbocycles. The molecule has 1 unspecified atom stereocenters. The fourth-order valence-corrected chi connectivity index (χ4v) is 3.12. The molecule has 1 aromatic carbocycles. The zero-order valence-electron chi connectivity index (χ0n) is 17.3. The lowest BCUT2D eigenvalue weighted by molar-refractivity contribution is -0.136. The third kappa shape index (κ3) is 4.45. The van der Waals surface area contributed by atoms with Crippen molar-refractivity contribution in [2.75, 3.05) is 5.32 Å². The molecule has 156 valence electrons. The second-order valence-electron chi connectivity index (χ2n) is 6.95. The summed E-state index contributed by atoms with van der Waals surface area (Å²) >= 11 is 0. The number of benzene rings is 1. The van der Waals surface area contributed by atoms with Crippen LogP contribution in [0.25, 0.3) is 5.95 Å². The number of aryl methyl sites for hydroxylation is 2. The maximum absolute atomic E-state index is 12.4. The Kier molecular flexibility index (Phi) is 6.10. The molecule has 0 fully saturated rings. The second kappa shape index (κ2) is 8.73. The van der Waals surface area contributed by atoms with Gasteiger partial charge in [-0.25, -0.2) is 4.98 Å².